The highest BCUT2D eigenvalue weighted by molar-refractivity contribution is 5.97. The molecule has 3 rings (SSSR count). The van der Waals surface area contributed by atoms with E-state index in [0.717, 1.165) is 32.7 Å². The summed E-state index contributed by atoms with van der Waals surface area (Å²) in [6, 6.07) is 5.72. The van der Waals surface area contributed by atoms with Crippen LogP contribution < -0.4 is 22.1 Å². The van der Waals surface area contributed by atoms with Crippen molar-refractivity contribution < 1.29 is 22.8 Å². The number of nitrogens with two attached hydrogens (primary N) is 2. The van der Waals surface area contributed by atoms with Gasteiger partial charge in [0.15, 0.2) is 11.5 Å². The predicted molar refractivity (Wildman–Crippen MR) is 117 cm³/mol. The van der Waals surface area contributed by atoms with Crippen LogP contribution in [0.2, 0.25) is 0 Å². The van der Waals surface area contributed by atoms with Gasteiger partial charge in [-0.05, 0) is 37.1 Å². The first kappa shape index (κ1) is 24.2. The van der Waals surface area contributed by atoms with Crippen LogP contribution in [0, 0.1) is 0 Å². The van der Waals surface area contributed by atoms with Gasteiger partial charge in [-0.2, -0.15) is 13.2 Å². The van der Waals surface area contributed by atoms with Crippen molar-refractivity contribution in [3.63, 3.8) is 0 Å². The second kappa shape index (κ2) is 10.0. The van der Waals surface area contributed by atoms with Gasteiger partial charge in [-0.3, -0.25) is 9.59 Å². The SMILES string of the molecule is CN(CC(F)(F)F)C(=O)c1ccc(Nc2nc(NC3CCCCC3N)cnc2C(N)=O)cc1. The predicted octanol–water partition coefficient (Wildman–Crippen LogP) is 2.64. The summed E-state index contributed by atoms with van der Waals surface area (Å²) in [5.74, 6) is -1.03. The van der Waals surface area contributed by atoms with Gasteiger partial charge in [0.2, 0.25) is 0 Å². The Hall–Kier alpha value is -3.41. The molecule has 0 saturated heterocycles. The number of carbonyl (C=O) groups is 2. The van der Waals surface area contributed by atoms with Crippen LogP contribution in [0.15, 0.2) is 30.5 Å². The number of aromatic nitrogens is 2. The zero-order valence-corrected chi connectivity index (χ0v) is 18.0. The Bertz CT molecular complexity index is 998. The van der Waals surface area contributed by atoms with E-state index in [2.05, 4.69) is 20.6 Å². The van der Waals surface area contributed by atoms with E-state index in [1.807, 2.05) is 0 Å². The summed E-state index contributed by atoms with van der Waals surface area (Å²) >= 11 is 0. The number of halogens is 3. The van der Waals surface area contributed by atoms with E-state index < -0.39 is 24.5 Å². The van der Waals surface area contributed by atoms with E-state index in [1.165, 1.54) is 30.5 Å². The standard InChI is InChI=1S/C21H26F3N7O2/c1-31(11-21(22,23)24)20(33)12-6-8-13(9-7-12)28-19-17(18(26)32)27-10-16(30-19)29-15-5-3-2-4-14(15)25/h6-10,14-15H,2-5,11,25H2,1H3,(H2,26,32)(H2,28,29,30). The van der Waals surface area contributed by atoms with Gasteiger partial charge in [0.25, 0.3) is 11.8 Å². The third-order valence-electron chi connectivity index (χ3n) is 5.32. The number of primary amides is 1. The number of nitrogens with one attached hydrogen (secondary N) is 2. The quantitative estimate of drug-likeness (QED) is 0.493. The van der Waals surface area contributed by atoms with Gasteiger partial charge in [-0.1, -0.05) is 12.8 Å². The topological polar surface area (TPSA) is 139 Å². The first-order chi connectivity index (χ1) is 15.5. The van der Waals surface area contributed by atoms with Crippen LogP contribution in [-0.2, 0) is 0 Å². The Balaban J connectivity index is 1.76. The summed E-state index contributed by atoms with van der Waals surface area (Å²) in [6.45, 7) is -1.35. The van der Waals surface area contributed by atoms with E-state index >= 15 is 0 Å². The van der Waals surface area contributed by atoms with Crippen molar-refractivity contribution in [2.75, 3.05) is 24.2 Å². The van der Waals surface area contributed by atoms with Crippen molar-refractivity contribution in [2.45, 2.75) is 43.9 Å². The number of hydrogen-bond donors (Lipinski definition) is 4. The molecule has 1 aromatic heterocycles. The Morgan fingerprint density at radius 1 is 1.18 bits per heavy atom. The van der Waals surface area contributed by atoms with Crippen molar-refractivity contribution in [1.29, 1.82) is 0 Å². The molecule has 1 fully saturated rings. The summed E-state index contributed by atoms with van der Waals surface area (Å²) in [5, 5.41) is 6.17. The van der Waals surface area contributed by atoms with Crippen LogP contribution in [0.5, 0.6) is 0 Å². The molecular formula is C21H26F3N7O2. The van der Waals surface area contributed by atoms with Gasteiger partial charge in [-0.25, -0.2) is 9.97 Å². The largest absolute Gasteiger partial charge is 0.406 e. The molecule has 0 radical (unpaired) electrons. The highest BCUT2D eigenvalue weighted by Gasteiger charge is 2.31. The maximum atomic E-state index is 12.5. The summed E-state index contributed by atoms with van der Waals surface area (Å²) < 4.78 is 37.6. The fraction of sp³-hybridized carbons (Fsp3) is 0.429. The fourth-order valence-electron chi connectivity index (χ4n) is 3.65. The van der Waals surface area contributed by atoms with Crippen molar-refractivity contribution in [3.8, 4) is 0 Å². The molecule has 0 bridgehead atoms. The molecule has 178 valence electrons. The molecule has 2 atom stereocenters. The molecule has 1 heterocycles. The second-order valence-corrected chi connectivity index (χ2v) is 7.99. The molecule has 0 aliphatic heterocycles. The summed E-state index contributed by atoms with van der Waals surface area (Å²) in [7, 11) is 1.08. The lowest BCUT2D eigenvalue weighted by molar-refractivity contribution is -0.138. The molecule has 1 aromatic carbocycles. The monoisotopic (exact) mass is 465 g/mol. The normalized spacial score (nSPS) is 18.5. The van der Waals surface area contributed by atoms with Crippen molar-refractivity contribution >= 4 is 29.1 Å². The van der Waals surface area contributed by atoms with E-state index in [4.69, 9.17) is 11.5 Å². The molecular weight excluding hydrogens is 439 g/mol. The zero-order chi connectivity index (χ0) is 24.2. The highest BCUT2D eigenvalue weighted by Crippen LogP contribution is 2.24. The number of carbonyl (C=O) groups excluding carboxylic acids is 2. The number of benzene rings is 1. The molecule has 12 heteroatoms. The van der Waals surface area contributed by atoms with E-state index in [0.29, 0.717) is 16.4 Å². The summed E-state index contributed by atoms with van der Waals surface area (Å²) in [4.78, 5) is 33.1. The minimum atomic E-state index is -4.49. The first-order valence-electron chi connectivity index (χ1n) is 10.4. The van der Waals surface area contributed by atoms with Gasteiger partial charge in [0, 0.05) is 30.4 Å². The summed E-state index contributed by atoms with van der Waals surface area (Å²) in [6.07, 6.45) is 0.830. The zero-order valence-electron chi connectivity index (χ0n) is 18.0. The third-order valence-corrected chi connectivity index (χ3v) is 5.32. The number of anilines is 3. The van der Waals surface area contributed by atoms with Crippen molar-refractivity contribution in [2.24, 2.45) is 11.5 Å². The number of nitrogens with zero attached hydrogens (tertiary/aromatic N) is 3. The lowest BCUT2D eigenvalue weighted by Gasteiger charge is -2.29. The Labute approximate surface area is 188 Å². The van der Waals surface area contributed by atoms with E-state index in [-0.39, 0.29) is 29.2 Å². The smallest absolute Gasteiger partial charge is 0.364 e. The molecule has 1 saturated carbocycles. The van der Waals surface area contributed by atoms with Crippen molar-refractivity contribution in [3.05, 3.63) is 41.7 Å². The molecule has 2 aromatic rings. The molecule has 33 heavy (non-hydrogen) atoms. The van der Waals surface area contributed by atoms with Crippen LogP contribution in [0.25, 0.3) is 0 Å². The maximum absolute atomic E-state index is 12.5. The lowest BCUT2D eigenvalue weighted by Crippen LogP contribution is -2.42. The molecule has 1 aliphatic rings. The van der Waals surface area contributed by atoms with Crippen LogP contribution >= 0.6 is 0 Å². The highest BCUT2D eigenvalue weighted by atomic mass is 19.4. The summed E-state index contributed by atoms with van der Waals surface area (Å²) in [5.41, 5.74) is 12.0. The van der Waals surface area contributed by atoms with Gasteiger partial charge >= 0.3 is 6.18 Å². The molecule has 2 amide bonds. The van der Waals surface area contributed by atoms with Crippen LogP contribution in [0.4, 0.5) is 30.5 Å². The molecule has 6 N–H and O–H groups in total. The van der Waals surface area contributed by atoms with E-state index in [1.54, 1.807) is 0 Å². The Morgan fingerprint density at radius 3 is 2.45 bits per heavy atom. The average Bonchev–Trinajstić information content (AvgIpc) is 2.74. The maximum Gasteiger partial charge on any atom is 0.406 e. The Morgan fingerprint density at radius 2 is 1.85 bits per heavy atom. The second-order valence-electron chi connectivity index (χ2n) is 7.99. The number of rotatable bonds is 7. The van der Waals surface area contributed by atoms with E-state index in [9.17, 15) is 22.8 Å². The molecule has 9 nitrogen and oxygen atoms in total. The third kappa shape index (κ3) is 6.54. The number of amides is 2. The molecule has 0 spiro atoms. The first-order valence-corrected chi connectivity index (χ1v) is 10.4. The average molecular weight is 465 g/mol. The minimum Gasteiger partial charge on any atom is -0.364 e. The van der Waals surface area contributed by atoms with Crippen LogP contribution in [-0.4, -0.2) is 58.5 Å². The Kier molecular flexibility index (Phi) is 7.36. The van der Waals surface area contributed by atoms with Gasteiger partial charge in [0.05, 0.1) is 6.20 Å². The van der Waals surface area contributed by atoms with Gasteiger partial charge in [-0.15, -0.1) is 0 Å². The van der Waals surface area contributed by atoms with Crippen LogP contribution in [0.3, 0.4) is 0 Å². The van der Waals surface area contributed by atoms with Crippen LogP contribution in [0.1, 0.15) is 46.5 Å². The molecule has 2 unspecified atom stereocenters. The molecule has 1 aliphatic carbocycles. The van der Waals surface area contributed by atoms with Crippen molar-refractivity contribution in [1.82, 2.24) is 14.9 Å². The lowest BCUT2D eigenvalue weighted by atomic mass is 9.91. The number of hydrogen-bond acceptors (Lipinski definition) is 7. The minimum absolute atomic E-state index is 0.0201. The van der Waals surface area contributed by atoms with Gasteiger partial charge in [0.1, 0.15) is 12.4 Å². The fourth-order valence-corrected chi connectivity index (χ4v) is 3.65. The van der Waals surface area contributed by atoms with Gasteiger partial charge < -0.3 is 27.0 Å². The number of alkyl halides is 3.